The summed E-state index contributed by atoms with van der Waals surface area (Å²) in [6, 6.07) is 0. The molecule has 0 aromatic rings. The van der Waals surface area contributed by atoms with Crippen molar-refractivity contribution in [1.29, 1.82) is 0 Å². The Hall–Kier alpha value is -0.960. The van der Waals surface area contributed by atoms with E-state index in [0.717, 1.165) is 25.7 Å². The van der Waals surface area contributed by atoms with E-state index in [-0.39, 0.29) is 0 Å². The van der Waals surface area contributed by atoms with E-state index in [2.05, 4.69) is 25.7 Å². The summed E-state index contributed by atoms with van der Waals surface area (Å²) >= 11 is 0. The molecule has 2 nitrogen and oxygen atoms in total. The summed E-state index contributed by atoms with van der Waals surface area (Å²) in [5, 5.41) is 0. The highest BCUT2D eigenvalue weighted by molar-refractivity contribution is 4.99. The predicted octanol–water partition coefficient (Wildman–Crippen LogP) is 3.36. The first kappa shape index (κ1) is 16.0. The number of hydrogen-bond donors (Lipinski definition) is 0. The van der Waals surface area contributed by atoms with Gasteiger partial charge in [0, 0.05) is 0 Å². The molecule has 96 valence electrons. The van der Waals surface area contributed by atoms with Crippen LogP contribution in [0.2, 0.25) is 0 Å². The zero-order valence-electron chi connectivity index (χ0n) is 11.1. The van der Waals surface area contributed by atoms with Gasteiger partial charge >= 0.3 is 0 Å². The summed E-state index contributed by atoms with van der Waals surface area (Å²) in [6.07, 6.45) is 15.7. The van der Waals surface area contributed by atoms with Crippen LogP contribution in [0.3, 0.4) is 0 Å². The molecule has 0 radical (unpaired) electrons. The Bertz CT molecular complexity index is 229. The molecule has 0 atom stereocenters. The van der Waals surface area contributed by atoms with Crippen LogP contribution in [-0.2, 0) is 9.47 Å². The maximum Gasteiger partial charge on any atom is 0.190 e. The molecular weight excluding hydrogens is 212 g/mol. The van der Waals surface area contributed by atoms with Crippen molar-refractivity contribution in [1.82, 2.24) is 0 Å². The molecule has 0 heterocycles. The molecular formula is C15H24O2. The summed E-state index contributed by atoms with van der Waals surface area (Å²) in [4.78, 5) is 0. The van der Waals surface area contributed by atoms with Crippen molar-refractivity contribution in [2.45, 2.75) is 58.2 Å². The van der Waals surface area contributed by atoms with Gasteiger partial charge in [0.05, 0.1) is 26.1 Å². The van der Waals surface area contributed by atoms with Crippen molar-refractivity contribution in [2.75, 3.05) is 13.2 Å². The Morgan fingerprint density at radius 1 is 0.882 bits per heavy atom. The molecule has 0 rings (SSSR count). The third-order valence-corrected chi connectivity index (χ3v) is 2.47. The summed E-state index contributed by atoms with van der Waals surface area (Å²) in [7, 11) is 0. The molecule has 0 aliphatic carbocycles. The number of unbranched alkanes of at least 4 members (excludes halogenated alkanes) is 2. The first-order chi connectivity index (χ1) is 8.24. The SMILES string of the molecule is C#CCC(CC#C)(OCCCC)OCCCC. The Balaban J connectivity index is 4.39. The minimum atomic E-state index is -0.770. The van der Waals surface area contributed by atoms with E-state index < -0.39 is 5.79 Å². The molecule has 0 aliphatic heterocycles. The van der Waals surface area contributed by atoms with Crippen molar-refractivity contribution in [2.24, 2.45) is 0 Å². The van der Waals surface area contributed by atoms with E-state index in [0.29, 0.717) is 26.1 Å². The second-order valence-electron chi connectivity index (χ2n) is 4.08. The van der Waals surface area contributed by atoms with Crippen LogP contribution in [0.25, 0.3) is 0 Å². The maximum absolute atomic E-state index is 5.79. The number of terminal acetylenes is 2. The summed E-state index contributed by atoms with van der Waals surface area (Å²) in [6.45, 7) is 5.52. The third kappa shape index (κ3) is 7.05. The van der Waals surface area contributed by atoms with E-state index in [1.54, 1.807) is 0 Å². The highest BCUT2D eigenvalue weighted by Crippen LogP contribution is 2.23. The molecule has 0 N–H and O–H groups in total. The average Bonchev–Trinajstić information content (AvgIpc) is 2.30. The fraction of sp³-hybridized carbons (Fsp3) is 0.733. The molecule has 0 fully saturated rings. The lowest BCUT2D eigenvalue weighted by molar-refractivity contribution is -0.231. The van der Waals surface area contributed by atoms with Crippen LogP contribution in [0.4, 0.5) is 0 Å². The van der Waals surface area contributed by atoms with Crippen LogP contribution in [0.15, 0.2) is 0 Å². The van der Waals surface area contributed by atoms with Gasteiger partial charge in [0.15, 0.2) is 5.79 Å². The normalized spacial score (nSPS) is 10.8. The third-order valence-electron chi connectivity index (χ3n) is 2.47. The van der Waals surface area contributed by atoms with E-state index in [1.807, 2.05) is 0 Å². The molecule has 0 aliphatic rings. The predicted molar refractivity (Wildman–Crippen MR) is 71.4 cm³/mol. The lowest BCUT2D eigenvalue weighted by Gasteiger charge is -2.30. The Labute approximate surface area is 106 Å². The van der Waals surface area contributed by atoms with E-state index in [4.69, 9.17) is 22.3 Å². The Morgan fingerprint density at radius 3 is 1.59 bits per heavy atom. The second kappa shape index (κ2) is 10.2. The Kier molecular flexibility index (Phi) is 9.63. The zero-order valence-corrected chi connectivity index (χ0v) is 11.1. The smallest absolute Gasteiger partial charge is 0.190 e. The van der Waals surface area contributed by atoms with Crippen LogP contribution in [0.1, 0.15) is 52.4 Å². The van der Waals surface area contributed by atoms with Crippen LogP contribution in [0, 0.1) is 24.7 Å². The monoisotopic (exact) mass is 236 g/mol. The largest absolute Gasteiger partial charge is 0.348 e. The van der Waals surface area contributed by atoms with Gasteiger partial charge in [-0.1, -0.05) is 26.7 Å². The van der Waals surface area contributed by atoms with Crippen LogP contribution >= 0.6 is 0 Å². The molecule has 0 unspecified atom stereocenters. The van der Waals surface area contributed by atoms with Crippen LogP contribution in [-0.4, -0.2) is 19.0 Å². The molecule has 2 heteroatoms. The summed E-state index contributed by atoms with van der Waals surface area (Å²) in [5.74, 6) is 4.43. The van der Waals surface area contributed by atoms with Crippen LogP contribution in [0.5, 0.6) is 0 Å². The van der Waals surface area contributed by atoms with E-state index >= 15 is 0 Å². The zero-order chi connectivity index (χ0) is 13.0. The van der Waals surface area contributed by atoms with Crippen LogP contribution < -0.4 is 0 Å². The van der Waals surface area contributed by atoms with Gasteiger partial charge in [-0.05, 0) is 12.8 Å². The van der Waals surface area contributed by atoms with Crippen molar-refractivity contribution in [3.05, 3.63) is 0 Å². The molecule has 0 aromatic carbocycles. The molecule has 0 amide bonds. The van der Waals surface area contributed by atoms with Gasteiger partial charge in [-0.25, -0.2) is 0 Å². The summed E-state index contributed by atoms with van der Waals surface area (Å²) in [5.41, 5.74) is 0. The quantitative estimate of drug-likeness (QED) is 0.329. The fourth-order valence-electron chi connectivity index (χ4n) is 1.42. The van der Waals surface area contributed by atoms with E-state index in [1.165, 1.54) is 0 Å². The van der Waals surface area contributed by atoms with Gasteiger partial charge in [-0.3, -0.25) is 0 Å². The standard InChI is InChI=1S/C15H24O2/c1-5-9-13-16-15(11-7-3,12-8-4)17-14-10-6-2/h3-4H,5-6,9-14H2,1-2H3. The number of hydrogen-bond acceptors (Lipinski definition) is 2. The van der Waals surface area contributed by atoms with Crippen molar-refractivity contribution >= 4 is 0 Å². The lowest BCUT2D eigenvalue weighted by atomic mass is 10.1. The molecule has 0 saturated heterocycles. The highest BCUT2D eigenvalue weighted by Gasteiger charge is 2.30. The van der Waals surface area contributed by atoms with Gasteiger partial charge in [0.1, 0.15) is 0 Å². The molecule has 0 bridgehead atoms. The molecule has 0 aromatic heterocycles. The minimum Gasteiger partial charge on any atom is -0.348 e. The first-order valence-corrected chi connectivity index (χ1v) is 6.39. The highest BCUT2D eigenvalue weighted by atomic mass is 16.7. The van der Waals surface area contributed by atoms with Crippen molar-refractivity contribution < 1.29 is 9.47 Å². The maximum atomic E-state index is 5.79. The average molecular weight is 236 g/mol. The fourth-order valence-corrected chi connectivity index (χ4v) is 1.42. The van der Waals surface area contributed by atoms with Crippen molar-refractivity contribution in [3.8, 4) is 24.7 Å². The van der Waals surface area contributed by atoms with Gasteiger partial charge in [-0.2, -0.15) is 0 Å². The lowest BCUT2D eigenvalue weighted by Crippen LogP contribution is -2.36. The van der Waals surface area contributed by atoms with Gasteiger partial charge < -0.3 is 9.47 Å². The molecule has 0 spiro atoms. The van der Waals surface area contributed by atoms with Gasteiger partial charge in [0.2, 0.25) is 0 Å². The Morgan fingerprint density at radius 2 is 1.29 bits per heavy atom. The topological polar surface area (TPSA) is 18.5 Å². The molecule has 0 saturated carbocycles. The van der Waals surface area contributed by atoms with Crippen molar-refractivity contribution in [3.63, 3.8) is 0 Å². The minimum absolute atomic E-state index is 0.407. The summed E-state index contributed by atoms with van der Waals surface area (Å²) < 4.78 is 11.6. The second-order valence-corrected chi connectivity index (χ2v) is 4.08. The molecule has 17 heavy (non-hydrogen) atoms. The van der Waals surface area contributed by atoms with Gasteiger partial charge in [-0.15, -0.1) is 24.7 Å². The first-order valence-electron chi connectivity index (χ1n) is 6.39. The number of ether oxygens (including phenoxy) is 2. The van der Waals surface area contributed by atoms with Gasteiger partial charge in [0.25, 0.3) is 0 Å². The van der Waals surface area contributed by atoms with E-state index in [9.17, 15) is 0 Å². The number of rotatable bonds is 10.